The third-order valence-electron chi connectivity index (χ3n) is 2.63. The van der Waals surface area contributed by atoms with E-state index < -0.39 is 6.10 Å². The third-order valence-corrected chi connectivity index (χ3v) is 2.63. The van der Waals surface area contributed by atoms with Crippen LogP contribution in [0.1, 0.15) is 12.6 Å². The van der Waals surface area contributed by atoms with E-state index in [0.29, 0.717) is 18.9 Å². The molecule has 1 aromatic heterocycles. The highest BCUT2D eigenvalue weighted by Gasteiger charge is 2.13. The van der Waals surface area contributed by atoms with Crippen LogP contribution in [0, 0.1) is 12.3 Å². The summed E-state index contributed by atoms with van der Waals surface area (Å²) in [6.07, 6.45) is 6.05. The molecule has 1 rings (SSSR count). The molecule has 0 saturated heterocycles. The molecule has 1 heterocycles. The minimum absolute atomic E-state index is 0.191. The van der Waals surface area contributed by atoms with E-state index in [9.17, 15) is 4.79 Å². The Bertz CT molecular complexity index is 468. The molecule has 0 aliphatic carbocycles. The molecule has 0 bridgehead atoms. The fourth-order valence-electron chi connectivity index (χ4n) is 1.52. The van der Waals surface area contributed by atoms with Gasteiger partial charge in [-0.25, -0.2) is 0 Å². The number of hydrogen-bond acceptors (Lipinski definition) is 5. The Hall–Kier alpha value is -2.10. The summed E-state index contributed by atoms with van der Waals surface area (Å²) in [5.74, 6) is 2.63. The third kappa shape index (κ3) is 6.75. The molecule has 2 N–H and O–H groups in total. The van der Waals surface area contributed by atoms with E-state index in [2.05, 4.69) is 21.5 Å². The van der Waals surface area contributed by atoms with Gasteiger partial charge in [0.05, 0.1) is 25.0 Å². The van der Waals surface area contributed by atoms with Gasteiger partial charge in [0.2, 0.25) is 0 Å². The number of hydrogen-bond donors (Lipinski definition) is 2. The molecule has 0 aliphatic rings. The summed E-state index contributed by atoms with van der Waals surface area (Å²) in [4.78, 5) is 15.9. The molecule has 114 valence electrons. The quantitative estimate of drug-likeness (QED) is 0.507. The van der Waals surface area contributed by atoms with Gasteiger partial charge in [-0.2, -0.15) is 0 Å². The summed E-state index contributed by atoms with van der Waals surface area (Å²) in [7, 11) is 1.66. The first kappa shape index (κ1) is 17.0. The van der Waals surface area contributed by atoms with E-state index in [0.717, 1.165) is 12.2 Å². The van der Waals surface area contributed by atoms with Gasteiger partial charge in [-0.3, -0.25) is 9.78 Å². The predicted molar refractivity (Wildman–Crippen MR) is 79.8 cm³/mol. The Morgan fingerprint density at radius 3 is 2.95 bits per heavy atom. The van der Waals surface area contributed by atoms with Crippen LogP contribution in [0.3, 0.4) is 0 Å². The Kier molecular flexibility index (Phi) is 7.87. The molecule has 21 heavy (non-hydrogen) atoms. The number of pyridine rings is 1. The van der Waals surface area contributed by atoms with E-state index in [4.69, 9.17) is 15.9 Å². The average molecular weight is 291 g/mol. The zero-order valence-electron chi connectivity index (χ0n) is 12.4. The van der Waals surface area contributed by atoms with Gasteiger partial charge in [0.15, 0.2) is 6.10 Å². The molecule has 0 radical (unpaired) electrons. The normalized spacial score (nSPS) is 11.5. The maximum atomic E-state index is 11.6. The lowest BCUT2D eigenvalue weighted by Gasteiger charge is -2.13. The molecule has 1 aromatic rings. The Labute approximate surface area is 125 Å². The van der Waals surface area contributed by atoms with Crippen molar-refractivity contribution in [3.63, 3.8) is 0 Å². The van der Waals surface area contributed by atoms with Crippen molar-refractivity contribution in [2.45, 2.75) is 19.6 Å². The highest BCUT2D eigenvalue weighted by molar-refractivity contribution is 5.80. The number of rotatable bonds is 9. The van der Waals surface area contributed by atoms with Crippen molar-refractivity contribution >= 4 is 5.91 Å². The number of amides is 1. The van der Waals surface area contributed by atoms with Crippen LogP contribution >= 0.6 is 0 Å². The zero-order chi connectivity index (χ0) is 15.5. The van der Waals surface area contributed by atoms with Gasteiger partial charge in [0.25, 0.3) is 5.91 Å². The minimum Gasteiger partial charge on any atom is -0.479 e. The first-order chi connectivity index (χ1) is 10.2. The van der Waals surface area contributed by atoms with E-state index in [-0.39, 0.29) is 12.5 Å². The van der Waals surface area contributed by atoms with E-state index in [1.54, 1.807) is 26.3 Å². The highest BCUT2D eigenvalue weighted by Crippen LogP contribution is 2.11. The molecule has 6 heteroatoms. The van der Waals surface area contributed by atoms with Crippen LogP contribution in [-0.4, -0.2) is 43.8 Å². The molecule has 1 amide bonds. The monoisotopic (exact) mass is 291 g/mol. The van der Waals surface area contributed by atoms with Gasteiger partial charge >= 0.3 is 0 Å². The number of carbonyl (C=O) groups excluding carboxylic acids is 1. The zero-order valence-corrected chi connectivity index (χ0v) is 12.4. The standard InChI is InChI=1S/C15H21N3O3/c1-4-7-17-15(19)12(2)21-14-6-5-13(18-11-14)10-16-8-9-20-3/h1,5-6,11-12,16H,7-10H2,2-3H3,(H,17,19). The van der Waals surface area contributed by atoms with Crippen molar-refractivity contribution in [3.05, 3.63) is 24.0 Å². The van der Waals surface area contributed by atoms with Crippen LogP contribution < -0.4 is 15.4 Å². The second-order valence-electron chi connectivity index (χ2n) is 4.34. The maximum Gasteiger partial charge on any atom is 0.261 e. The van der Waals surface area contributed by atoms with Crippen molar-refractivity contribution < 1.29 is 14.3 Å². The van der Waals surface area contributed by atoms with Crippen molar-refractivity contribution in [3.8, 4) is 18.1 Å². The molecule has 6 nitrogen and oxygen atoms in total. The van der Waals surface area contributed by atoms with Crippen LogP contribution in [0.15, 0.2) is 18.3 Å². The molecular weight excluding hydrogens is 270 g/mol. The number of terminal acetylenes is 1. The van der Waals surface area contributed by atoms with Crippen molar-refractivity contribution in [2.75, 3.05) is 26.8 Å². The number of nitrogens with zero attached hydrogens (tertiary/aromatic N) is 1. The molecule has 1 unspecified atom stereocenters. The summed E-state index contributed by atoms with van der Waals surface area (Å²) in [5, 5.41) is 5.75. The highest BCUT2D eigenvalue weighted by atomic mass is 16.5. The number of nitrogens with one attached hydrogen (secondary N) is 2. The lowest BCUT2D eigenvalue weighted by atomic mass is 10.3. The summed E-state index contributed by atoms with van der Waals surface area (Å²) in [6, 6.07) is 3.63. The first-order valence-electron chi connectivity index (χ1n) is 6.69. The fraction of sp³-hybridized carbons (Fsp3) is 0.467. The maximum absolute atomic E-state index is 11.6. The number of aromatic nitrogens is 1. The summed E-state index contributed by atoms with van der Waals surface area (Å²) in [6.45, 7) is 3.93. The first-order valence-corrected chi connectivity index (χ1v) is 6.69. The summed E-state index contributed by atoms with van der Waals surface area (Å²) >= 11 is 0. The van der Waals surface area contributed by atoms with Gasteiger partial charge in [0.1, 0.15) is 5.75 Å². The second kappa shape index (κ2) is 9.75. The molecular formula is C15H21N3O3. The van der Waals surface area contributed by atoms with E-state index >= 15 is 0 Å². The molecule has 0 aliphatic heterocycles. The molecule has 0 spiro atoms. The van der Waals surface area contributed by atoms with E-state index in [1.165, 1.54) is 0 Å². The second-order valence-corrected chi connectivity index (χ2v) is 4.34. The topological polar surface area (TPSA) is 72.5 Å². The van der Waals surface area contributed by atoms with Gasteiger partial charge in [-0.1, -0.05) is 5.92 Å². The van der Waals surface area contributed by atoms with Gasteiger partial charge < -0.3 is 20.1 Å². The van der Waals surface area contributed by atoms with Crippen LogP contribution in [0.4, 0.5) is 0 Å². The van der Waals surface area contributed by atoms with Crippen LogP contribution in [-0.2, 0) is 16.1 Å². The fourth-order valence-corrected chi connectivity index (χ4v) is 1.52. The van der Waals surface area contributed by atoms with Gasteiger partial charge in [-0.05, 0) is 19.1 Å². The number of carbonyl (C=O) groups is 1. The van der Waals surface area contributed by atoms with Crippen molar-refractivity contribution in [1.82, 2.24) is 15.6 Å². The molecule has 0 aromatic carbocycles. The predicted octanol–water partition coefficient (Wildman–Crippen LogP) is 0.334. The van der Waals surface area contributed by atoms with Crippen LogP contribution in [0.2, 0.25) is 0 Å². The lowest BCUT2D eigenvalue weighted by molar-refractivity contribution is -0.127. The Morgan fingerprint density at radius 2 is 2.33 bits per heavy atom. The summed E-state index contributed by atoms with van der Waals surface area (Å²) in [5.41, 5.74) is 0.892. The Balaban J connectivity index is 2.40. The molecule has 1 atom stereocenters. The van der Waals surface area contributed by atoms with Gasteiger partial charge in [-0.15, -0.1) is 6.42 Å². The van der Waals surface area contributed by atoms with Crippen LogP contribution in [0.25, 0.3) is 0 Å². The van der Waals surface area contributed by atoms with Crippen molar-refractivity contribution in [1.29, 1.82) is 0 Å². The molecule has 0 saturated carbocycles. The lowest BCUT2D eigenvalue weighted by Crippen LogP contribution is -2.36. The summed E-state index contributed by atoms with van der Waals surface area (Å²) < 4.78 is 10.4. The average Bonchev–Trinajstić information content (AvgIpc) is 2.50. The van der Waals surface area contributed by atoms with Gasteiger partial charge in [0, 0.05) is 20.2 Å². The van der Waals surface area contributed by atoms with E-state index in [1.807, 2.05) is 6.07 Å². The molecule has 0 fully saturated rings. The largest absolute Gasteiger partial charge is 0.479 e. The van der Waals surface area contributed by atoms with Crippen molar-refractivity contribution in [2.24, 2.45) is 0 Å². The van der Waals surface area contributed by atoms with Crippen LogP contribution in [0.5, 0.6) is 5.75 Å². The minimum atomic E-state index is -0.620. The Morgan fingerprint density at radius 1 is 1.52 bits per heavy atom. The number of methoxy groups -OCH3 is 1. The smallest absolute Gasteiger partial charge is 0.261 e. The number of ether oxygens (including phenoxy) is 2. The SMILES string of the molecule is C#CCNC(=O)C(C)Oc1ccc(CNCCOC)nc1.